The summed E-state index contributed by atoms with van der Waals surface area (Å²) in [7, 11) is 0. The van der Waals surface area contributed by atoms with Gasteiger partial charge >= 0.3 is 0 Å². The molecule has 0 spiro atoms. The second-order valence-electron chi connectivity index (χ2n) is 4.74. The van der Waals surface area contributed by atoms with E-state index < -0.39 is 0 Å². The number of hydrogen-bond donors (Lipinski definition) is 1. The van der Waals surface area contributed by atoms with Crippen molar-refractivity contribution >= 4 is 11.6 Å². The number of halogens is 1. The van der Waals surface area contributed by atoms with Gasteiger partial charge in [0.2, 0.25) is 0 Å². The quantitative estimate of drug-likeness (QED) is 0.861. The van der Waals surface area contributed by atoms with Crippen LogP contribution in [-0.4, -0.2) is 9.78 Å². The number of aromatic nitrogens is 2. The highest BCUT2D eigenvalue weighted by Crippen LogP contribution is 2.35. The Morgan fingerprint density at radius 1 is 1.62 bits per heavy atom. The van der Waals surface area contributed by atoms with E-state index in [1.54, 1.807) is 6.20 Å². The molecule has 0 aliphatic heterocycles. The summed E-state index contributed by atoms with van der Waals surface area (Å²) in [6.07, 6.45) is 7.84. The SMILES string of the molecule is CCCn1ncc(Cl)c1C(N)CC1CCC1. The summed E-state index contributed by atoms with van der Waals surface area (Å²) in [4.78, 5) is 0. The third-order valence-electron chi connectivity index (χ3n) is 3.43. The van der Waals surface area contributed by atoms with Gasteiger partial charge in [0.15, 0.2) is 0 Å². The van der Waals surface area contributed by atoms with E-state index in [1.807, 2.05) is 4.68 Å². The standard InChI is InChI=1S/C12H20ClN3/c1-2-6-16-12(10(13)8-15-16)11(14)7-9-4-3-5-9/h8-9,11H,2-7,14H2,1H3. The van der Waals surface area contributed by atoms with Crippen molar-refractivity contribution in [1.82, 2.24) is 9.78 Å². The highest BCUT2D eigenvalue weighted by Gasteiger charge is 2.24. The summed E-state index contributed by atoms with van der Waals surface area (Å²) >= 11 is 6.16. The fourth-order valence-electron chi connectivity index (χ4n) is 2.33. The zero-order valence-electron chi connectivity index (χ0n) is 9.82. The number of nitrogens with two attached hydrogens (primary N) is 1. The van der Waals surface area contributed by atoms with E-state index in [2.05, 4.69) is 12.0 Å². The van der Waals surface area contributed by atoms with Crippen molar-refractivity contribution in [2.75, 3.05) is 0 Å². The molecule has 1 saturated carbocycles. The fraction of sp³-hybridized carbons (Fsp3) is 0.750. The van der Waals surface area contributed by atoms with Gasteiger partial charge < -0.3 is 5.73 Å². The second kappa shape index (κ2) is 5.19. The lowest BCUT2D eigenvalue weighted by molar-refractivity contribution is 0.273. The molecule has 0 amide bonds. The van der Waals surface area contributed by atoms with Crippen molar-refractivity contribution in [2.45, 2.75) is 51.6 Å². The third-order valence-corrected chi connectivity index (χ3v) is 3.72. The van der Waals surface area contributed by atoms with E-state index in [-0.39, 0.29) is 6.04 Å². The lowest BCUT2D eigenvalue weighted by Crippen LogP contribution is -2.23. The maximum Gasteiger partial charge on any atom is 0.0834 e. The summed E-state index contributed by atoms with van der Waals surface area (Å²) < 4.78 is 1.96. The molecule has 2 N–H and O–H groups in total. The summed E-state index contributed by atoms with van der Waals surface area (Å²) in [5, 5.41) is 5.00. The van der Waals surface area contributed by atoms with Gasteiger partial charge in [0.1, 0.15) is 0 Å². The molecule has 1 unspecified atom stereocenters. The lowest BCUT2D eigenvalue weighted by atomic mass is 9.80. The maximum absolute atomic E-state index is 6.24. The van der Waals surface area contributed by atoms with Crippen molar-refractivity contribution in [3.8, 4) is 0 Å². The molecule has 1 aliphatic carbocycles. The zero-order chi connectivity index (χ0) is 11.5. The maximum atomic E-state index is 6.24. The number of aryl methyl sites for hydroxylation is 1. The van der Waals surface area contributed by atoms with Crippen molar-refractivity contribution in [3.63, 3.8) is 0 Å². The largest absolute Gasteiger partial charge is 0.323 e. The number of nitrogens with zero attached hydrogens (tertiary/aromatic N) is 2. The Morgan fingerprint density at radius 3 is 2.94 bits per heavy atom. The summed E-state index contributed by atoms with van der Waals surface area (Å²) in [6, 6.07) is 0.0480. The van der Waals surface area contributed by atoms with E-state index in [0.717, 1.165) is 36.0 Å². The first-order chi connectivity index (χ1) is 7.72. The van der Waals surface area contributed by atoms with Gasteiger partial charge in [0, 0.05) is 12.6 Å². The molecule has 1 fully saturated rings. The van der Waals surface area contributed by atoms with Crippen LogP contribution in [0.25, 0.3) is 0 Å². The smallest absolute Gasteiger partial charge is 0.0834 e. The molecule has 3 nitrogen and oxygen atoms in total. The molecule has 2 rings (SSSR count). The molecule has 1 aliphatic rings. The van der Waals surface area contributed by atoms with Gasteiger partial charge in [-0.05, 0) is 18.8 Å². The van der Waals surface area contributed by atoms with E-state index in [4.69, 9.17) is 17.3 Å². The third kappa shape index (κ3) is 2.41. The van der Waals surface area contributed by atoms with Gasteiger partial charge in [-0.3, -0.25) is 4.68 Å². The molecule has 0 radical (unpaired) electrons. The molecule has 1 aromatic heterocycles. The van der Waals surface area contributed by atoms with Crippen molar-refractivity contribution in [2.24, 2.45) is 11.7 Å². The normalized spacial score (nSPS) is 18.4. The van der Waals surface area contributed by atoms with Crippen LogP contribution in [0.5, 0.6) is 0 Å². The Morgan fingerprint density at radius 2 is 2.38 bits per heavy atom. The molecule has 0 saturated heterocycles. The minimum absolute atomic E-state index is 0.0480. The van der Waals surface area contributed by atoms with Crippen LogP contribution >= 0.6 is 11.6 Å². The van der Waals surface area contributed by atoms with Crippen molar-refractivity contribution in [3.05, 3.63) is 16.9 Å². The van der Waals surface area contributed by atoms with E-state index >= 15 is 0 Å². The Labute approximate surface area is 102 Å². The number of rotatable bonds is 5. The topological polar surface area (TPSA) is 43.8 Å². The first-order valence-corrected chi connectivity index (χ1v) is 6.57. The van der Waals surface area contributed by atoms with Crippen LogP contribution in [-0.2, 0) is 6.54 Å². The fourth-order valence-corrected chi connectivity index (χ4v) is 2.61. The zero-order valence-corrected chi connectivity index (χ0v) is 10.6. The highest BCUT2D eigenvalue weighted by atomic mass is 35.5. The average molecular weight is 242 g/mol. The summed E-state index contributed by atoms with van der Waals surface area (Å²) in [5.74, 6) is 0.802. The molecule has 1 heterocycles. The van der Waals surface area contributed by atoms with Crippen LogP contribution in [0.4, 0.5) is 0 Å². The van der Waals surface area contributed by atoms with Crippen molar-refractivity contribution in [1.29, 1.82) is 0 Å². The molecule has 1 aromatic rings. The second-order valence-corrected chi connectivity index (χ2v) is 5.15. The number of hydrogen-bond acceptors (Lipinski definition) is 2. The van der Waals surface area contributed by atoms with Crippen LogP contribution in [0.1, 0.15) is 50.8 Å². The molecule has 16 heavy (non-hydrogen) atoms. The van der Waals surface area contributed by atoms with Crippen LogP contribution in [0.15, 0.2) is 6.20 Å². The van der Waals surface area contributed by atoms with Gasteiger partial charge in [-0.15, -0.1) is 0 Å². The Hall–Kier alpha value is -0.540. The lowest BCUT2D eigenvalue weighted by Gasteiger charge is -2.28. The van der Waals surface area contributed by atoms with E-state index in [1.165, 1.54) is 19.3 Å². The Balaban J connectivity index is 2.07. The van der Waals surface area contributed by atoms with Gasteiger partial charge in [-0.1, -0.05) is 37.8 Å². The van der Waals surface area contributed by atoms with Gasteiger partial charge in [0.05, 0.1) is 16.9 Å². The van der Waals surface area contributed by atoms with Crippen LogP contribution in [0.3, 0.4) is 0 Å². The summed E-state index contributed by atoms with van der Waals surface area (Å²) in [5.41, 5.74) is 7.26. The predicted molar refractivity (Wildman–Crippen MR) is 66.4 cm³/mol. The molecule has 0 aromatic carbocycles. The van der Waals surface area contributed by atoms with Crippen LogP contribution < -0.4 is 5.73 Å². The van der Waals surface area contributed by atoms with E-state index in [0.29, 0.717) is 0 Å². The molecule has 1 atom stereocenters. The molecule has 4 heteroatoms. The molecular formula is C12H20ClN3. The molecular weight excluding hydrogens is 222 g/mol. The Kier molecular flexibility index (Phi) is 3.87. The first kappa shape index (κ1) is 11.9. The molecule has 90 valence electrons. The summed E-state index contributed by atoms with van der Waals surface area (Å²) in [6.45, 7) is 3.04. The average Bonchev–Trinajstić information content (AvgIpc) is 2.54. The molecule has 0 bridgehead atoms. The van der Waals surface area contributed by atoms with Gasteiger partial charge in [-0.2, -0.15) is 5.10 Å². The monoisotopic (exact) mass is 241 g/mol. The highest BCUT2D eigenvalue weighted by molar-refractivity contribution is 6.31. The minimum Gasteiger partial charge on any atom is -0.323 e. The van der Waals surface area contributed by atoms with Gasteiger partial charge in [-0.25, -0.2) is 0 Å². The van der Waals surface area contributed by atoms with Crippen molar-refractivity contribution < 1.29 is 0 Å². The Bertz CT molecular complexity index is 344. The van der Waals surface area contributed by atoms with Crippen LogP contribution in [0, 0.1) is 5.92 Å². The minimum atomic E-state index is 0.0480. The van der Waals surface area contributed by atoms with Crippen LogP contribution in [0.2, 0.25) is 5.02 Å². The van der Waals surface area contributed by atoms with Gasteiger partial charge in [0.25, 0.3) is 0 Å². The predicted octanol–water partition coefficient (Wildman–Crippen LogP) is 3.14. The van der Waals surface area contributed by atoms with E-state index in [9.17, 15) is 0 Å². The first-order valence-electron chi connectivity index (χ1n) is 6.19.